The molecule has 2 rings (SSSR count). The second-order valence-corrected chi connectivity index (χ2v) is 3.71. The normalized spacial score (nSPS) is 9.73. The first-order valence-corrected chi connectivity index (χ1v) is 5.39. The molecule has 0 unspecified atom stereocenters. The van der Waals surface area contributed by atoms with E-state index in [0.717, 1.165) is 29.5 Å². The Labute approximate surface area is 114 Å². The van der Waals surface area contributed by atoms with E-state index in [0.29, 0.717) is 5.15 Å². The van der Waals surface area contributed by atoms with E-state index in [9.17, 15) is 0 Å². The molecule has 6 heteroatoms. The first kappa shape index (κ1) is 12.8. The number of aromatic nitrogens is 3. The second kappa shape index (κ2) is 5.72. The molecule has 0 spiro atoms. The molecule has 0 atom stereocenters. The summed E-state index contributed by atoms with van der Waals surface area (Å²) in [5, 5.41) is 0.476. The Kier molecular flexibility index (Phi) is 4.88. The Morgan fingerprint density at radius 3 is 2.87 bits per heavy atom. The molecule has 0 amide bonds. The zero-order chi connectivity index (χ0) is 9.97. The van der Waals surface area contributed by atoms with Gasteiger partial charge in [-0.1, -0.05) is 11.6 Å². The van der Waals surface area contributed by atoms with Crippen LogP contribution < -0.4 is 28.5 Å². The summed E-state index contributed by atoms with van der Waals surface area (Å²) in [5.41, 5.74) is 1.77. The maximum Gasteiger partial charge on any atom is 0.178 e. The quantitative estimate of drug-likeness (QED) is 0.521. The maximum absolute atomic E-state index is 5.90. The van der Waals surface area contributed by atoms with Crippen LogP contribution in [0.5, 0.6) is 0 Å². The van der Waals surface area contributed by atoms with Gasteiger partial charge in [0.2, 0.25) is 0 Å². The van der Waals surface area contributed by atoms with Gasteiger partial charge in [0, 0.05) is 6.07 Å². The van der Waals surface area contributed by atoms with Crippen LogP contribution in [0.3, 0.4) is 0 Å². The van der Waals surface area contributed by atoms with E-state index in [4.69, 9.17) is 11.6 Å². The highest BCUT2D eigenvalue weighted by atomic mass is 127. The molecule has 15 heavy (non-hydrogen) atoms. The van der Waals surface area contributed by atoms with Crippen molar-refractivity contribution in [3.8, 4) is 11.3 Å². The zero-order valence-electron chi connectivity index (χ0n) is 8.02. The molecule has 0 N–H and O–H groups in total. The minimum atomic E-state index is 0. The van der Waals surface area contributed by atoms with E-state index in [1.807, 2.05) is 24.5 Å². The third-order valence-corrected chi connectivity index (χ3v) is 2.84. The van der Waals surface area contributed by atoms with Crippen molar-refractivity contribution in [1.29, 1.82) is 0 Å². The second-order valence-electron chi connectivity index (χ2n) is 2.83. The Morgan fingerprint density at radius 1 is 1.47 bits per heavy atom. The Bertz CT molecular complexity index is 446. The average molecular weight is 354 g/mol. The summed E-state index contributed by atoms with van der Waals surface area (Å²) in [6.45, 7) is 3.02. The summed E-state index contributed by atoms with van der Waals surface area (Å²) in [5.74, 6) is 0. The SMILES string of the molecule is CC[n+]1cccc(-c2nsnc2Cl)c1.[I-]. The largest absolute Gasteiger partial charge is 1.00 e. The predicted octanol–water partition coefficient (Wildman–Crippen LogP) is -0.830. The molecule has 0 aliphatic heterocycles. The van der Waals surface area contributed by atoms with Crippen LogP contribution in [-0.4, -0.2) is 8.75 Å². The van der Waals surface area contributed by atoms with Crippen molar-refractivity contribution in [2.75, 3.05) is 0 Å². The summed E-state index contributed by atoms with van der Waals surface area (Å²) in [6.07, 6.45) is 4.03. The summed E-state index contributed by atoms with van der Waals surface area (Å²) >= 11 is 7.03. The van der Waals surface area contributed by atoms with E-state index in [2.05, 4.69) is 20.2 Å². The molecule has 0 aliphatic rings. The van der Waals surface area contributed by atoms with Crippen molar-refractivity contribution >= 4 is 23.3 Å². The van der Waals surface area contributed by atoms with Crippen LogP contribution in [0.2, 0.25) is 5.15 Å². The van der Waals surface area contributed by atoms with Gasteiger partial charge in [-0.3, -0.25) is 0 Å². The summed E-state index contributed by atoms with van der Waals surface area (Å²) in [6, 6.07) is 3.96. The van der Waals surface area contributed by atoms with Crippen molar-refractivity contribution < 1.29 is 28.5 Å². The Balaban J connectivity index is 0.00000112. The van der Waals surface area contributed by atoms with E-state index < -0.39 is 0 Å². The molecule has 0 aromatic carbocycles. The zero-order valence-corrected chi connectivity index (χ0v) is 11.8. The van der Waals surface area contributed by atoms with Crippen LogP contribution in [0.15, 0.2) is 24.5 Å². The molecule has 80 valence electrons. The van der Waals surface area contributed by atoms with Crippen LogP contribution >= 0.6 is 23.3 Å². The third-order valence-electron chi connectivity index (χ3n) is 1.95. The number of hydrogen-bond acceptors (Lipinski definition) is 3. The maximum atomic E-state index is 5.90. The highest BCUT2D eigenvalue weighted by Crippen LogP contribution is 2.23. The minimum Gasteiger partial charge on any atom is -1.00 e. The van der Waals surface area contributed by atoms with Gasteiger partial charge in [0.25, 0.3) is 0 Å². The van der Waals surface area contributed by atoms with Crippen LogP contribution in [0, 0.1) is 0 Å². The van der Waals surface area contributed by atoms with Crippen molar-refractivity contribution in [1.82, 2.24) is 8.75 Å². The van der Waals surface area contributed by atoms with Crippen LogP contribution in [0.1, 0.15) is 6.92 Å². The minimum absolute atomic E-state index is 0. The average Bonchev–Trinajstić information content (AvgIpc) is 2.65. The van der Waals surface area contributed by atoms with Gasteiger partial charge in [-0.25, -0.2) is 4.57 Å². The number of nitrogens with zero attached hydrogens (tertiary/aromatic N) is 3. The van der Waals surface area contributed by atoms with Gasteiger partial charge in [-0.05, 0) is 13.0 Å². The van der Waals surface area contributed by atoms with Gasteiger partial charge in [0.05, 0.1) is 17.3 Å². The van der Waals surface area contributed by atoms with Gasteiger partial charge >= 0.3 is 0 Å². The van der Waals surface area contributed by atoms with E-state index in [1.54, 1.807) is 0 Å². The lowest BCUT2D eigenvalue weighted by Gasteiger charge is -1.95. The van der Waals surface area contributed by atoms with E-state index in [-0.39, 0.29) is 24.0 Å². The molecular weight excluding hydrogens is 345 g/mol. The van der Waals surface area contributed by atoms with Crippen LogP contribution in [0.4, 0.5) is 0 Å². The van der Waals surface area contributed by atoms with Gasteiger partial charge in [0.1, 0.15) is 12.2 Å². The lowest BCUT2D eigenvalue weighted by molar-refractivity contribution is -0.693. The fourth-order valence-corrected chi connectivity index (χ4v) is 1.98. The Morgan fingerprint density at radius 2 is 2.27 bits per heavy atom. The van der Waals surface area contributed by atoms with Gasteiger partial charge in [0.15, 0.2) is 17.5 Å². The topological polar surface area (TPSA) is 29.7 Å². The van der Waals surface area contributed by atoms with E-state index >= 15 is 0 Å². The molecule has 0 bridgehead atoms. The molecule has 2 aromatic rings. The molecular formula is C9H9ClIN3S. The summed E-state index contributed by atoms with van der Waals surface area (Å²) < 4.78 is 10.2. The highest BCUT2D eigenvalue weighted by molar-refractivity contribution is 6.99. The number of rotatable bonds is 2. The molecule has 3 nitrogen and oxygen atoms in total. The summed E-state index contributed by atoms with van der Waals surface area (Å²) in [4.78, 5) is 0. The van der Waals surface area contributed by atoms with Gasteiger partial charge < -0.3 is 24.0 Å². The predicted molar refractivity (Wildman–Crippen MR) is 56.2 cm³/mol. The lowest BCUT2D eigenvalue weighted by Crippen LogP contribution is -3.00. The third kappa shape index (κ3) is 2.85. The smallest absolute Gasteiger partial charge is 0.178 e. The molecule has 0 radical (unpaired) electrons. The lowest BCUT2D eigenvalue weighted by atomic mass is 10.2. The van der Waals surface area contributed by atoms with Crippen LogP contribution in [-0.2, 0) is 6.54 Å². The number of aryl methyl sites for hydroxylation is 1. The number of pyridine rings is 1. The van der Waals surface area contributed by atoms with Crippen molar-refractivity contribution in [2.45, 2.75) is 13.5 Å². The first-order chi connectivity index (χ1) is 6.81. The van der Waals surface area contributed by atoms with Crippen molar-refractivity contribution in [3.63, 3.8) is 0 Å². The molecule has 0 fully saturated rings. The highest BCUT2D eigenvalue weighted by Gasteiger charge is 2.10. The number of halogens is 2. The number of hydrogen-bond donors (Lipinski definition) is 0. The fraction of sp³-hybridized carbons (Fsp3) is 0.222. The van der Waals surface area contributed by atoms with Crippen LogP contribution in [0.25, 0.3) is 11.3 Å². The van der Waals surface area contributed by atoms with Crippen molar-refractivity contribution in [3.05, 3.63) is 29.7 Å². The molecule has 0 saturated carbocycles. The van der Waals surface area contributed by atoms with Gasteiger partial charge in [-0.2, -0.15) is 8.75 Å². The Hall–Kier alpha value is -0.270. The van der Waals surface area contributed by atoms with E-state index in [1.165, 1.54) is 0 Å². The first-order valence-electron chi connectivity index (χ1n) is 4.29. The molecule has 0 saturated heterocycles. The molecule has 2 heterocycles. The van der Waals surface area contributed by atoms with Gasteiger partial charge in [-0.15, -0.1) is 0 Å². The molecule has 2 aromatic heterocycles. The summed E-state index contributed by atoms with van der Waals surface area (Å²) in [7, 11) is 0. The molecule has 0 aliphatic carbocycles. The fourth-order valence-electron chi connectivity index (χ4n) is 1.21. The monoisotopic (exact) mass is 353 g/mol. The van der Waals surface area contributed by atoms with Crippen molar-refractivity contribution in [2.24, 2.45) is 0 Å². The standard InChI is InChI=1S/C9H9ClN3S.HI/c1-2-13-5-3-4-7(6-13)8-9(10)12-14-11-8;/h3-6H,2H2,1H3;1H/q+1;/p-1.